The third-order valence-corrected chi connectivity index (χ3v) is 5.05. The fraction of sp³-hybridized carbons (Fsp3) is 0.722. The molecular formula is C18H29NO3S. The zero-order chi connectivity index (χ0) is 17.2. The number of hydrogen-bond donors (Lipinski definition) is 0. The molecule has 1 rings (SSSR count). The summed E-state index contributed by atoms with van der Waals surface area (Å²) in [5.41, 5.74) is 0.582. The van der Waals surface area contributed by atoms with Crippen LogP contribution in [-0.2, 0) is 14.4 Å². The van der Waals surface area contributed by atoms with Crippen molar-refractivity contribution >= 4 is 29.0 Å². The molecule has 0 saturated heterocycles. The van der Waals surface area contributed by atoms with Crippen molar-refractivity contribution in [3.05, 3.63) is 12.7 Å². The molecule has 0 amide bonds. The summed E-state index contributed by atoms with van der Waals surface area (Å²) in [6.45, 7) is 10.2. The van der Waals surface area contributed by atoms with Crippen molar-refractivity contribution in [3.63, 3.8) is 0 Å². The van der Waals surface area contributed by atoms with Crippen molar-refractivity contribution in [2.45, 2.75) is 58.1 Å². The molecule has 0 aromatic rings. The van der Waals surface area contributed by atoms with E-state index in [0.29, 0.717) is 30.2 Å². The molecule has 1 saturated carbocycles. The van der Waals surface area contributed by atoms with Gasteiger partial charge >= 0.3 is 0 Å². The average molecular weight is 340 g/mol. The van der Waals surface area contributed by atoms with Gasteiger partial charge in [0.05, 0.1) is 5.71 Å². The maximum absolute atomic E-state index is 12.5. The minimum atomic E-state index is -0.690. The van der Waals surface area contributed by atoms with Gasteiger partial charge in [-0.15, -0.1) is 0 Å². The molecule has 0 heterocycles. The number of carbonyl (C=O) groups is 2. The average Bonchev–Trinajstić information content (AvgIpc) is 2.47. The van der Waals surface area contributed by atoms with E-state index < -0.39 is 5.92 Å². The van der Waals surface area contributed by atoms with Crippen molar-refractivity contribution in [3.8, 4) is 0 Å². The molecule has 0 spiro atoms. The number of rotatable bonds is 10. The van der Waals surface area contributed by atoms with E-state index in [1.165, 1.54) is 0 Å². The molecule has 0 N–H and O–H groups in total. The molecule has 0 aromatic heterocycles. The molecule has 0 unspecified atom stereocenters. The van der Waals surface area contributed by atoms with E-state index in [-0.39, 0.29) is 24.1 Å². The molecular weight excluding hydrogens is 310 g/mol. The number of oxime groups is 1. The van der Waals surface area contributed by atoms with E-state index in [1.807, 2.05) is 18.7 Å². The first-order chi connectivity index (χ1) is 11.0. The van der Waals surface area contributed by atoms with E-state index in [4.69, 9.17) is 4.84 Å². The van der Waals surface area contributed by atoms with Crippen LogP contribution in [0.5, 0.6) is 0 Å². The van der Waals surface area contributed by atoms with Gasteiger partial charge in [0.15, 0.2) is 0 Å². The SMILES string of the molecule is C=CCO/N=C(\CCC)C1C(=O)CC(C[C@H](C)SCC)CC1=O. The van der Waals surface area contributed by atoms with Crippen molar-refractivity contribution in [1.29, 1.82) is 0 Å². The van der Waals surface area contributed by atoms with Gasteiger partial charge in [-0.2, -0.15) is 11.8 Å². The number of nitrogens with zero attached hydrogens (tertiary/aromatic N) is 1. The van der Waals surface area contributed by atoms with Crippen LogP contribution in [0.1, 0.15) is 52.9 Å². The van der Waals surface area contributed by atoms with Gasteiger partial charge in [-0.25, -0.2) is 0 Å². The molecule has 1 atom stereocenters. The Morgan fingerprint density at radius 3 is 2.57 bits per heavy atom. The molecule has 0 bridgehead atoms. The molecule has 1 fully saturated rings. The lowest BCUT2D eigenvalue weighted by atomic mass is 9.75. The summed E-state index contributed by atoms with van der Waals surface area (Å²) >= 11 is 1.88. The lowest BCUT2D eigenvalue weighted by molar-refractivity contribution is -0.134. The van der Waals surface area contributed by atoms with Crippen LogP contribution in [0.25, 0.3) is 0 Å². The van der Waals surface area contributed by atoms with Crippen LogP contribution in [0.2, 0.25) is 0 Å². The van der Waals surface area contributed by atoms with Crippen LogP contribution in [0.15, 0.2) is 17.8 Å². The molecule has 5 heteroatoms. The number of ketones is 2. The highest BCUT2D eigenvalue weighted by atomic mass is 32.2. The lowest BCUT2D eigenvalue weighted by Gasteiger charge is -2.28. The summed E-state index contributed by atoms with van der Waals surface area (Å²) in [5.74, 6) is 0.568. The maximum atomic E-state index is 12.5. The third-order valence-electron chi connectivity index (χ3n) is 3.95. The second kappa shape index (κ2) is 10.6. The fourth-order valence-corrected chi connectivity index (χ4v) is 4.07. The minimum absolute atomic E-state index is 0.00866. The van der Waals surface area contributed by atoms with Crippen LogP contribution < -0.4 is 0 Å². The van der Waals surface area contributed by atoms with Crippen LogP contribution in [0.3, 0.4) is 0 Å². The number of hydrogen-bond acceptors (Lipinski definition) is 5. The molecule has 0 aromatic carbocycles. The Labute approximate surface area is 144 Å². The van der Waals surface area contributed by atoms with Crippen LogP contribution in [0, 0.1) is 11.8 Å². The van der Waals surface area contributed by atoms with Gasteiger partial charge in [-0.05, 0) is 24.5 Å². The van der Waals surface area contributed by atoms with Gasteiger partial charge < -0.3 is 4.84 Å². The number of carbonyl (C=O) groups excluding carboxylic acids is 2. The Morgan fingerprint density at radius 1 is 1.39 bits per heavy atom. The molecule has 1 aliphatic carbocycles. The van der Waals surface area contributed by atoms with Crippen molar-refractivity contribution < 1.29 is 14.4 Å². The molecule has 0 radical (unpaired) electrons. The smallest absolute Gasteiger partial charge is 0.149 e. The van der Waals surface area contributed by atoms with Crippen LogP contribution >= 0.6 is 11.8 Å². The summed E-state index contributed by atoms with van der Waals surface area (Å²) in [4.78, 5) is 30.2. The van der Waals surface area contributed by atoms with Gasteiger partial charge in [0.2, 0.25) is 0 Å². The Kier molecular flexibility index (Phi) is 9.22. The van der Waals surface area contributed by atoms with E-state index in [2.05, 4.69) is 25.6 Å². The Hall–Kier alpha value is -1.10. The van der Waals surface area contributed by atoms with Gasteiger partial charge in [-0.1, -0.05) is 45.0 Å². The van der Waals surface area contributed by atoms with Crippen molar-refractivity contribution in [1.82, 2.24) is 0 Å². The summed E-state index contributed by atoms with van der Waals surface area (Å²) in [6, 6.07) is 0. The molecule has 23 heavy (non-hydrogen) atoms. The minimum Gasteiger partial charge on any atom is -0.392 e. The first kappa shape index (κ1) is 19.9. The number of Topliss-reactive ketones (excluding diaryl/α,β-unsaturated/α-hetero) is 2. The molecule has 4 nitrogen and oxygen atoms in total. The summed E-state index contributed by atoms with van der Waals surface area (Å²) < 4.78 is 0. The summed E-state index contributed by atoms with van der Waals surface area (Å²) in [7, 11) is 0. The zero-order valence-electron chi connectivity index (χ0n) is 14.5. The molecule has 0 aliphatic heterocycles. The van der Waals surface area contributed by atoms with Crippen molar-refractivity contribution in [2.24, 2.45) is 17.0 Å². The maximum Gasteiger partial charge on any atom is 0.149 e. The van der Waals surface area contributed by atoms with E-state index in [9.17, 15) is 9.59 Å². The van der Waals surface area contributed by atoms with Crippen molar-refractivity contribution in [2.75, 3.05) is 12.4 Å². The monoisotopic (exact) mass is 339 g/mol. The quantitative estimate of drug-likeness (QED) is 0.198. The molecule has 130 valence electrons. The topological polar surface area (TPSA) is 55.7 Å². The second-order valence-electron chi connectivity index (χ2n) is 6.06. The third kappa shape index (κ3) is 6.50. The largest absolute Gasteiger partial charge is 0.392 e. The normalized spacial score (nSPS) is 23.7. The van der Waals surface area contributed by atoms with Gasteiger partial charge in [-0.3, -0.25) is 9.59 Å². The Balaban J connectivity index is 2.74. The standard InChI is InChI=1S/C18H29NO3S/c1-5-8-15(19-22-9-6-2)18-16(20)11-14(12-17(18)21)10-13(4)23-7-3/h6,13-14,18H,2,5,7-12H2,1,3-4H3/b19-15+/t13-,14?,18?/m0/s1. The van der Waals surface area contributed by atoms with Gasteiger partial charge in [0.25, 0.3) is 0 Å². The summed E-state index contributed by atoms with van der Waals surface area (Å²) in [6.07, 6.45) is 4.94. The fourth-order valence-electron chi connectivity index (χ4n) is 3.09. The summed E-state index contributed by atoms with van der Waals surface area (Å²) in [5, 5.41) is 4.53. The molecule has 1 aliphatic rings. The predicted octanol–water partition coefficient (Wildman–Crippen LogP) is 4.04. The van der Waals surface area contributed by atoms with Gasteiger partial charge in [0.1, 0.15) is 24.1 Å². The highest BCUT2D eigenvalue weighted by Crippen LogP contribution is 2.31. The first-order valence-corrected chi connectivity index (χ1v) is 9.54. The number of thioether (sulfide) groups is 1. The van der Waals surface area contributed by atoms with Crippen LogP contribution in [0.4, 0.5) is 0 Å². The predicted molar refractivity (Wildman–Crippen MR) is 96.9 cm³/mol. The van der Waals surface area contributed by atoms with E-state index in [1.54, 1.807) is 6.08 Å². The zero-order valence-corrected chi connectivity index (χ0v) is 15.4. The van der Waals surface area contributed by atoms with Crippen LogP contribution in [-0.4, -0.2) is 34.9 Å². The highest BCUT2D eigenvalue weighted by Gasteiger charge is 2.38. The second-order valence-corrected chi connectivity index (χ2v) is 7.77. The van der Waals surface area contributed by atoms with E-state index >= 15 is 0 Å². The Bertz CT molecular complexity index is 430. The van der Waals surface area contributed by atoms with E-state index in [0.717, 1.165) is 18.6 Å². The Morgan fingerprint density at radius 2 is 2.04 bits per heavy atom. The van der Waals surface area contributed by atoms with Gasteiger partial charge in [0, 0.05) is 18.1 Å². The first-order valence-electron chi connectivity index (χ1n) is 8.50. The highest BCUT2D eigenvalue weighted by molar-refractivity contribution is 7.99. The lowest BCUT2D eigenvalue weighted by Crippen LogP contribution is -2.39.